The molecule has 6 nitrogen and oxygen atoms in total. The molecule has 0 fully saturated rings. The van der Waals surface area contributed by atoms with Crippen molar-refractivity contribution in [1.29, 1.82) is 0 Å². The zero-order valence-electron chi connectivity index (χ0n) is 14.2. The molecule has 2 aromatic carbocycles. The summed E-state index contributed by atoms with van der Waals surface area (Å²) < 4.78 is 0. The maximum Gasteiger partial charge on any atom is 0.330 e. The predicted octanol–water partition coefficient (Wildman–Crippen LogP) is 2.30. The van der Waals surface area contributed by atoms with E-state index in [2.05, 4.69) is 5.32 Å². The number of aliphatic carboxylic acids is 1. The van der Waals surface area contributed by atoms with Gasteiger partial charge in [0.25, 0.3) is 0 Å². The molecule has 3 rings (SSSR count). The van der Waals surface area contributed by atoms with Crippen LogP contribution in [0.1, 0.15) is 30.0 Å². The summed E-state index contributed by atoms with van der Waals surface area (Å²) in [6, 6.07) is 15.1. The van der Waals surface area contributed by atoms with E-state index >= 15 is 0 Å². The van der Waals surface area contributed by atoms with Crippen LogP contribution >= 0.6 is 0 Å². The number of nitrogens with one attached hydrogen (secondary N) is 1. The molecule has 0 saturated carbocycles. The summed E-state index contributed by atoms with van der Waals surface area (Å²) in [5.74, 6) is -1.55. The third-order valence-electron chi connectivity index (χ3n) is 4.44. The second-order valence-electron chi connectivity index (χ2n) is 6.17. The molecule has 1 aliphatic rings. The van der Waals surface area contributed by atoms with Crippen molar-refractivity contribution in [2.75, 3.05) is 11.4 Å². The van der Waals surface area contributed by atoms with Crippen LogP contribution in [0, 0.1) is 0 Å². The summed E-state index contributed by atoms with van der Waals surface area (Å²) in [5.41, 5.74) is 2.42. The second-order valence-corrected chi connectivity index (χ2v) is 6.17. The molecular weight excluding hydrogens is 332 g/mol. The highest BCUT2D eigenvalue weighted by molar-refractivity contribution is 5.97. The fourth-order valence-electron chi connectivity index (χ4n) is 3.12. The van der Waals surface area contributed by atoms with E-state index in [0.717, 1.165) is 11.3 Å². The quantitative estimate of drug-likeness (QED) is 0.835. The number of carbonyl (C=O) groups is 3. The van der Waals surface area contributed by atoms with Gasteiger partial charge >= 0.3 is 5.97 Å². The first-order valence-corrected chi connectivity index (χ1v) is 8.51. The number of hydrogen-bond donors (Lipinski definition) is 2. The molecule has 1 aliphatic heterocycles. The molecule has 0 radical (unpaired) electrons. The largest absolute Gasteiger partial charge is 0.479 e. The molecule has 1 atom stereocenters. The molecule has 0 aromatic heterocycles. The third-order valence-corrected chi connectivity index (χ3v) is 4.44. The average Bonchev–Trinajstić information content (AvgIpc) is 2.65. The molecule has 2 aromatic rings. The van der Waals surface area contributed by atoms with Crippen LogP contribution in [0.5, 0.6) is 0 Å². The lowest BCUT2D eigenvalue weighted by molar-refractivity contribution is -0.142. The van der Waals surface area contributed by atoms with Crippen LogP contribution in [0.2, 0.25) is 0 Å². The Morgan fingerprint density at radius 3 is 2.46 bits per heavy atom. The molecule has 0 bridgehead atoms. The monoisotopic (exact) mass is 352 g/mol. The summed E-state index contributed by atoms with van der Waals surface area (Å²) in [6.07, 6.45) is 1.16. The number of aryl methyl sites for hydroxylation is 1. The minimum absolute atomic E-state index is 0.0191. The van der Waals surface area contributed by atoms with Gasteiger partial charge in [-0.05, 0) is 23.6 Å². The molecule has 2 N–H and O–H groups in total. The number of carboxylic acids is 1. The van der Waals surface area contributed by atoms with Gasteiger partial charge in [-0.25, -0.2) is 4.79 Å². The Morgan fingerprint density at radius 2 is 1.73 bits per heavy atom. The van der Waals surface area contributed by atoms with E-state index in [1.807, 2.05) is 24.3 Å². The number of hydrogen-bond acceptors (Lipinski definition) is 3. The standard InChI is InChI=1S/C20H20N2O4/c23-17(21-19(20(25)26)15-7-2-1-3-8-15)12-13-22-16-9-5-4-6-14(16)10-11-18(22)24/h1-9,19H,10-13H2,(H,21,23)(H,25,26). The summed E-state index contributed by atoms with van der Waals surface area (Å²) >= 11 is 0. The van der Waals surface area contributed by atoms with Crippen LogP contribution in [0.15, 0.2) is 54.6 Å². The van der Waals surface area contributed by atoms with Gasteiger partial charge in [-0.2, -0.15) is 0 Å². The van der Waals surface area contributed by atoms with Crippen molar-refractivity contribution in [3.63, 3.8) is 0 Å². The number of nitrogens with zero attached hydrogens (tertiary/aromatic N) is 1. The van der Waals surface area contributed by atoms with Gasteiger partial charge in [0.2, 0.25) is 11.8 Å². The van der Waals surface area contributed by atoms with Crippen molar-refractivity contribution in [2.24, 2.45) is 0 Å². The van der Waals surface area contributed by atoms with Crippen molar-refractivity contribution < 1.29 is 19.5 Å². The first-order chi connectivity index (χ1) is 12.6. The van der Waals surface area contributed by atoms with Crippen LogP contribution in [0.25, 0.3) is 0 Å². The predicted molar refractivity (Wildman–Crippen MR) is 96.7 cm³/mol. The zero-order valence-corrected chi connectivity index (χ0v) is 14.2. The Kier molecular flexibility index (Phi) is 5.31. The highest BCUT2D eigenvalue weighted by Crippen LogP contribution is 2.27. The van der Waals surface area contributed by atoms with Gasteiger partial charge in [-0.3, -0.25) is 9.59 Å². The first-order valence-electron chi connectivity index (χ1n) is 8.51. The summed E-state index contributed by atoms with van der Waals surface area (Å²) in [4.78, 5) is 37.6. The smallest absolute Gasteiger partial charge is 0.330 e. The molecule has 1 heterocycles. The Labute approximate surface area is 151 Å². The molecule has 0 spiro atoms. The maximum absolute atomic E-state index is 12.3. The van der Waals surface area contributed by atoms with Crippen LogP contribution in [-0.4, -0.2) is 29.4 Å². The fourth-order valence-corrected chi connectivity index (χ4v) is 3.12. The van der Waals surface area contributed by atoms with E-state index in [1.165, 1.54) is 0 Å². The number of anilines is 1. The Hall–Kier alpha value is -3.15. The Balaban J connectivity index is 1.65. The average molecular weight is 352 g/mol. The van der Waals surface area contributed by atoms with Gasteiger partial charge in [0.1, 0.15) is 0 Å². The topological polar surface area (TPSA) is 86.7 Å². The number of rotatable bonds is 6. The molecular formula is C20H20N2O4. The highest BCUT2D eigenvalue weighted by atomic mass is 16.4. The number of carboxylic acid groups (broad SMARTS) is 1. The van der Waals surface area contributed by atoms with Gasteiger partial charge in [0.05, 0.1) is 0 Å². The number of benzene rings is 2. The van der Waals surface area contributed by atoms with Gasteiger partial charge in [0, 0.05) is 25.1 Å². The van der Waals surface area contributed by atoms with Gasteiger partial charge in [0.15, 0.2) is 6.04 Å². The molecule has 0 saturated heterocycles. The fraction of sp³-hybridized carbons (Fsp3) is 0.250. The van der Waals surface area contributed by atoms with Crippen molar-refractivity contribution in [3.05, 3.63) is 65.7 Å². The molecule has 1 unspecified atom stereocenters. The number of carbonyl (C=O) groups excluding carboxylic acids is 2. The van der Waals surface area contributed by atoms with Gasteiger partial charge in [-0.15, -0.1) is 0 Å². The minimum atomic E-state index is -1.12. The third kappa shape index (κ3) is 3.91. The van der Waals surface area contributed by atoms with Crippen molar-refractivity contribution in [1.82, 2.24) is 5.32 Å². The lowest BCUT2D eigenvalue weighted by Crippen LogP contribution is -2.39. The van der Waals surface area contributed by atoms with E-state index in [1.54, 1.807) is 35.2 Å². The first kappa shape index (κ1) is 17.7. The SMILES string of the molecule is O=C(CCN1C(=O)CCc2ccccc21)NC(C(=O)O)c1ccccc1. The number of para-hydroxylation sites is 1. The van der Waals surface area contributed by atoms with Crippen molar-refractivity contribution in [2.45, 2.75) is 25.3 Å². The van der Waals surface area contributed by atoms with E-state index in [4.69, 9.17) is 0 Å². The van der Waals surface area contributed by atoms with Crippen LogP contribution in [0.3, 0.4) is 0 Å². The molecule has 26 heavy (non-hydrogen) atoms. The second kappa shape index (κ2) is 7.82. The minimum Gasteiger partial charge on any atom is -0.479 e. The summed E-state index contributed by atoms with van der Waals surface area (Å²) in [7, 11) is 0. The van der Waals surface area contributed by atoms with Crippen LogP contribution in [-0.2, 0) is 20.8 Å². The van der Waals surface area contributed by atoms with Crippen LogP contribution in [0.4, 0.5) is 5.69 Å². The van der Waals surface area contributed by atoms with E-state index in [0.29, 0.717) is 18.4 Å². The normalized spacial score (nSPS) is 14.5. The Bertz CT molecular complexity index is 820. The summed E-state index contributed by atoms with van der Waals surface area (Å²) in [5, 5.41) is 11.9. The lowest BCUT2D eigenvalue weighted by Gasteiger charge is -2.29. The Morgan fingerprint density at radius 1 is 1.04 bits per heavy atom. The summed E-state index contributed by atoms with van der Waals surface area (Å²) in [6.45, 7) is 0.225. The number of amides is 2. The maximum atomic E-state index is 12.3. The zero-order chi connectivity index (χ0) is 18.5. The van der Waals surface area contributed by atoms with Crippen LogP contribution < -0.4 is 10.2 Å². The van der Waals surface area contributed by atoms with Crippen molar-refractivity contribution >= 4 is 23.5 Å². The molecule has 0 aliphatic carbocycles. The van der Waals surface area contributed by atoms with E-state index in [9.17, 15) is 19.5 Å². The molecule has 6 heteroatoms. The van der Waals surface area contributed by atoms with E-state index in [-0.39, 0.29) is 18.9 Å². The van der Waals surface area contributed by atoms with Gasteiger partial charge in [-0.1, -0.05) is 48.5 Å². The number of fused-ring (bicyclic) bond motifs is 1. The van der Waals surface area contributed by atoms with E-state index < -0.39 is 17.9 Å². The molecule has 134 valence electrons. The molecule has 2 amide bonds. The highest BCUT2D eigenvalue weighted by Gasteiger charge is 2.26. The lowest BCUT2D eigenvalue weighted by atomic mass is 10.0. The van der Waals surface area contributed by atoms with Crippen molar-refractivity contribution in [3.8, 4) is 0 Å². The van der Waals surface area contributed by atoms with Gasteiger partial charge < -0.3 is 15.3 Å².